The summed E-state index contributed by atoms with van der Waals surface area (Å²) in [4.78, 5) is 11.2. The van der Waals surface area contributed by atoms with E-state index in [1.807, 2.05) is 18.2 Å². The lowest BCUT2D eigenvalue weighted by Gasteiger charge is -2.23. The fourth-order valence-electron chi connectivity index (χ4n) is 3.84. The van der Waals surface area contributed by atoms with Crippen molar-refractivity contribution in [1.82, 2.24) is 19.6 Å². The van der Waals surface area contributed by atoms with Gasteiger partial charge in [-0.2, -0.15) is 5.26 Å². The smallest absolute Gasteiger partial charge is 0.231 e. The zero-order valence-electron chi connectivity index (χ0n) is 15.4. The monoisotopic (exact) mass is 376 g/mol. The van der Waals surface area contributed by atoms with Gasteiger partial charge in [0, 0.05) is 49.5 Å². The Morgan fingerprint density at radius 1 is 1.36 bits per heavy atom. The summed E-state index contributed by atoms with van der Waals surface area (Å²) < 4.78 is 13.1. The summed E-state index contributed by atoms with van der Waals surface area (Å²) in [5.41, 5.74) is 3.51. The molecule has 3 aromatic rings. The van der Waals surface area contributed by atoms with Gasteiger partial charge in [-0.3, -0.25) is 0 Å². The second-order valence-corrected chi connectivity index (χ2v) is 7.19. The number of hydrogen-bond donors (Lipinski definition) is 0. The number of rotatable bonds is 4. The van der Waals surface area contributed by atoms with Gasteiger partial charge in [-0.25, -0.2) is 14.5 Å². The lowest BCUT2D eigenvalue weighted by atomic mass is 10.1. The third-order valence-corrected chi connectivity index (χ3v) is 5.32. The van der Waals surface area contributed by atoms with E-state index in [1.54, 1.807) is 16.9 Å². The maximum Gasteiger partial charge on any atom is 0.231 e. The summed E-state index contributed by atoms with van der Waals surface area (Å²) in [6, 6.07) is 7.97. The Balaban J connectivity index is 1.27. The minimum atomic E-state index is 0.369. The largest absolute Gasteiger partial charge is 0.476 e. The van der Waals surface area contributed by atoms with Crippen molar-refractivity contribution in [2.45, 2.75) is 19.4 Å². The summed E-state index contributed by atoms with van der Waals surface area (Å²) in [5, 5.41) is 14.0. The second kappa shape index (κ2) is 7.09. The first-order valence-electron chi connectivity index (χ1n) is 9.49. The molecule has 8 nitrogen and oxygen atoms in total. The molecule has 8 heteroatoms. The number of fused-ring (bicyclic) bond motifs is 2. The van der Waals surface area contributed by atoms with Crippen LogP contribution in [0.2, 0.25) is 0 Å². The van der Waals surface area contributed by atoms with Gasteiger partial charge >= 0.3 is 0 Å². The van der Waals surface area contributed by atoms with E-state index in [1.165, 1.54) is 0 Å². The fourth-order valence-corrected chi connectivity index (χ4v) is 3.84. The highest BCUT2D eigenvalue weighted by molar-refractivity contribution is 5.57. The Labute approximate surface area is 162 Å². The Hall–Kier alpha value is -3.18. The number of nitrogens with zero attached hydrogens (tertiary/aromatic N) is 6. The molecule has 0 aromatic carbocycles. The lowest BCUT2D eigenvalue weighted by Crippen LogP contribution is -2.25. The number of ether oxygens (including phenoxy) is 2. The molecule has 2 aliphatic rings. The molecule has 0 spiro atoms. The van der Waals surface area contributed by atoms with Crippen molar-refractivity contribution < 1.29 is 9.47 Å². The molecule has 1 atom stereocenters. The van der Waals surface area contributed by atoms with Gasteiger partial charge in [0.1, 0.15) is 11.9 Å². The molecule has 142 valence electrons. The third kappa shape index (κ3) is 3.14. The molecular formula is C20H20N6O2. The highest BCUT2D eigenvalue weighted by Gasteiger charge is 2.27. The van der Waals surface area contributed by atoms with Gasteiger partial charge in [-0.15, -0.1) is 5.10 Å². The van der Waals surface area contributed by atoms with E-state index in [9.17, 15) is 5.26 Å². The highest BCUT2D eigenvalue weighted by atomic mass is 16.5. The van der Waals surface area contributed by atoms with Crippen molar-refractivity contribution in [3.05, 3.63) is 47.4 Å². The van der Waals surface area contributed by atoms with E-state index in [-0.39, 0.29) is 0 Å². The molecule has 0 N–H and O–H groups in total. The molecule has 1 fully saturated rings. The molecule has 3 aromatic heterocycles. The first-order chi connectivity index (χ1) is 13.8. The predicted octanol–water partition coefficient (Wildman–Crippen LogP) is 1.97. The molecule has 5 heterocycles. The van der Waals surface area contributed by atoms with Crippen LogP contribution < -0.4 is 9.64 Å². The Morgan fingerprint density at radius 3 is 3.25 bits per heavy atom. The van der Waals surface area contributed by atoms with Crippen molar-refractivity contribution in [3.63, 3.8) is 0 Å². The van der Waals surface area contributed by atoms with Gasteiger partial charge in [0.05, 0.1) is 31.1 Å². The first-order valence-corrected chi connectivity index (χ1v) is 9.49. The molecule has 0 aliphatic carbocycles. The zero-order chi connectivity index (χ0) is 18.9. The van der Waals surface area contributed by atoms with Crippen molar-refractivity contribution in [2.24, 2.45) is 5.92 Å². The zero-order valence-corrected chi connectivity index (χ0v) is 15.4. The topological polar surface area (TPSA) is 88.6 Å². The Kier molecular flexibility index (Phi) is 4.29. The van der Waals surface area contributed by atoms with Crippen LogP contribution in [-0.2, 0) is 17.8 Å². The maximum atomic E-state index is 9.57. The average molecular weight is 376 g/mol. The molecule has 2 aliphatic heterocycles. The summed E-state index contributed by atoms with van der Waals surface area (Å²) >= 11 is 0. The summed E-state index contributed by atoms with van der Waals surface area (Å²) in [6.07, 6.45) is 5.32. The minimum absolute atomic E-state index is 0.369. The number of imidazole rings is 1. The maximum absolute atomic E-state index is 9.57. The first kappa shape index (κ1) is 17.0. The molecule has 0 radical (unpaired) electrons. The van der Waals surface area contributed by atoms with Gasteiger partial charge in [-0.1, -0.05) is 0 Å². The van der Waals surface area contributed by atoms with Crippen LogP contribution in [0.3, 0.4) is 0 Å². The van der Waals surface area contributed by atoms with Gasteiger partial charge in [0.2, 0.25) is 5.88 Å². The van der Waals surface area contributed by atoms with Crippen molar-refractivity contribution in [2.75, 3.05) is 31.2 Å². The van der Waals surface area contributed by atoms with Crippen molar-refractivity contribution in [1.29, 1.82) is 5.26 Å². The van der Waals surface area contributed by atoms with Crippen LogP contribution in [0.5, 0.6) is 5.88 Å². The second-order valence-electron chi connectivity index (χ2n) is 7.19. The standard InChI is InChI=1S/C20H20N6O2/c21-10-15-9-16-13-27-8-4-17(16)23-20(15)25-6-3-14(11-25)12-28-19-2-1-18-22-5-7-26(18)24-19/h1-2,5,7,9,14H,3-4,6,8,11-13H2. The molecule has 1 saturated heterocycles. The average Bonchev–Trinajstić information content (AvgIpc) is 3.40. The molecule has 28 heavy (non-hydrogen) atoms. The van der Waals surface area contributed by atoms with E-state index < -0.39 is 0 Å². The van der Waals surface area contributed by atoms with Crippen LogP contribution in [0, 0.1) is 17.2 Å². The predicted molar refractivity (Wildman–Crippen MR) is 101 cm³/mol. The molecule has 0 saturated carbocycles. The number of anilines is 1. The highest BCUT2D eigenvalue weighted by Crippen LogP contribution is 2.29. The van der Waals surface area contributed by atoms with Gasteiger partial charge in [-0.05, 0) is 18.6 Å². The van der Waals surface area contributed by atoms with Crippen LogP contribution in [0.15, 0.2) is 30.6 Å². The number of hydrogen-bond acceptors (Lipinski definition) is 7. The van der Waals surface area contributed by atoms with Crippen LogP contribution in [0.4, 0.5) is 5.82 Å². The SMILES string of the molecule is N#Cc1cc2c(nc1N1CCC(COc3ccc4nccn4n3)C1)CCOC2. The van der Waals surface area contributed by atoms with Crippen LogP contribution >= 0.6 is 0 Å². The van der Waals surface area contributed by atoms with Crippen molar-refractivity contribution >= 4 is 11.5 Å². The van der Waals surface area contributed by atoms with E-state index >= 15 is 0 Å². The minimum Gasteiger partial charge on any atom is -0.476 e. The number of nitriles is 1. The van der Waals surface area contributed by atoms with E-state index in [2.05, 4.69) is 21.1 Å². The summed E-state index contributed by atoms with van der Waals surface area (Å²) in [6.45, 7) is 3.52. The Morgan fingerprint density at radius 2 is 2.32 bits per heavy atom. The van der Waals surface area contributed by atoms with Gasteiger partial charge < -0.3 is 14.4 Å². The number of aromatic nitrogens is 4. The summed E-state index contributed by atoms with van der Waals surface area (Å²) in [7, 11) is 0. The lowest BCUT2D eigenvalue weighted by molar-refractivity contribution is 0.109. The van der Waals surface area contributed by atoms with Gasteiger partial charge in [0.25, 0.3) is 0 Å². The summed E-state index contributed by atoms with van der Waals surface area (Å²) in [5.74, 6) is 1.75. The van der Waals surface area contributed by atoms with E-state index in [4.69, 9.17) is 14.5 Å². The van der Waals surface area contributed by atoms with Gasteiger partial charge in [0.15, 0.2) is 5.65 Å². The Bertz CT molecular complexity index is 1060. The van der Waals surface area contributed by atoms with E-state index in [0.29, 0.717) is 37.2 Å². The molecular weight excluding hydrogens is 356 g/mol. The molecule has 1 unspecified atom stereocenters. The van der Waals surface area contributed by atoms with Crippen LogP contribution in [-0.4, -0.2) is 45.9 Å². The third-order valence-electron chi connectivity index (χ3n) is 5.32. The van der Waals surface area contributed by atoms with Crippen molar-refractivity contribution in [3.8, 4) is 11.9 Å². The molecule has 0 bridgehead atoms. The van der Waals surface area contributed by atoms with Crippen LogP contribution in [0.25, 0.3) is 5.65 Å². The molecule has 5 rings (SSSR count). The van der Waals surface area contributed by atoms with E-state index in [0.717, 1.165) is 48.7 Å². The molecule has 0 amide bonds. The van der Waals surface area contributed by atoms with Crippen LogP contribution in [0.1, 0.15) is 23.2 Å². The number of pyridine rings is 1. The fraction of sp³-hybridized carbons (Fsp3) is 0.400. The quantitative estimate of drug-likeness (QED) is 0.688. The normalized spacial score (nSPS) is 18.8.